The Kier molecular flexibility index (Phi) is 4.87. The number of hydrogen-bond donors (Lipinski definition) is 1. The molecule has 0 saturated heterocycles. The first-order chi connectivity index (χ1) is 5.93. The summed E-state index contributed by atoms with van der Waals surface area (Å²) in [6.07, 6.45) is 4.99. The van der Waals surface area contributed by atoms with Crippen molar-refractivity contribution in [3.05, 3.63) is 18.0 Å². The van der Waals surface area contributed by atoms with Crippen LogP contribution in [0.5, 0.6) is 0 Å². The summed E-state index contributed by atoms with van der Waals surface area (Å²) in [4.78, 5) is 0. The maximum Gasteiger partial charge on any atom is 0.150 e. The monoisotopic (exact) mass is 186 g/mol. The van der Waals surface area contributed by atoms with Crippen molar-refractivity contribution in [1.82, 2.24) is 10.5 Å². The molecule has 68 valence electrons. The Morgan fingerprint density at radius 3 is 3.25 bits per heavy atom. The maximum absolute atomic E-state index is 4.92. The van der Waals surface area contributed by atoms with Crippen molar-refractivity contribution < 1.29 is 4.52 Å². The van der Waals surface area contributed by atoms with Crippen LogP contribution in [0.1, 0.15) is 12.2 Å². The zero-order valence-electron chi connectivity index (χ0n) is 7.25. The van der Waals surface area contributed by atoms with Crippen LogP contribution in [0.3, 0.4) is 0 Å². The van der Waals surface area contributed by atoms with Crippen LogP contribution in [-0.4, -0.2) is 23.7 Å². The average molecular weight is 186 g/mol. The Bertz CT molecular complexity index is 189. The summed E-state index contributed by atoms with van der Waals surface area (Å²) in [5.74, 6) is 2.11. The summed E-state index contributed by atoms with van der Waals surface area (Å²) in [5, 5.41) is 6.89. The van der Waals surface area contributed by atoms with E-state index in [0.717, 1.165) is 18.8 Å². The van der Waals surface area contributed by atoms with Crippen molar-refractivity contribution in [2.75, 3.05) is 18.6 Å². The molecule has 1 aromatic rings. The van der Waals surface area contributed by atoms with E-state index in [1.165, 1.54) is 12.2 Å². The SMILES string of the molecule is CSCCCNCc1ccno1. The third kappa shape index (κ3) is 3.78. The van der Waals surface area contributed by atoms with Gasteiger partial charge in [0.25, 0.3) is 0 Å². The molecule has 3 nitrogen and oxygen atoms in total. The Morgan fingerprint density at radius 1 is 1.67 bits per heavy atom. The summed E-state index contributed by atoms with van der Waals surface area (Å²) in [6.45, 7) is 1.83. The molecule has 1 heterocycles. The summed E-state index contributed by atoms with van der Waals surface area (Å²) in [5.41, 5.74) is 0. The molecule has 0 amide bonds. The first-order valence-electron chi connectivity index (χ1n) is 4.02. The van der Waals surface area contributed by atoms with Crippen LogP contribution in [0.25, 0.3) is 0 Å². The molecule has 1 rings (SSSR count). The van der Waals surface area contributed by atoms with E-state index in [9.17, 15) is 0 Å². The lowest BCUT2D eigenvalue weighted by Crippen LogP contribution is -2.14. The predicted octanol–water partition coefficient (Wildman–Crippen LogP) is 1.52. The van der Waals surface area contributed by atoms with Crippen molar-refractivity contribution in [3.63, 3.8) is 0 Å². The average Bonchev–Trinajstić information content (AvgIpc) is 2.57. The van der Waals surface area contributed by atoms with E-state index in [1.54, 1.807) is 6.20 Å². The van der Waals surface area contributed by atoms with Gasteiger partial charge in [0, 0.05) is 6.07 Å². The van der Waals surface area contributed by atoms with Crippen LogP contribution < -0.4 is 5.32 Å². The normalized spacial score (nSPS) is 10.4. The molecule has 0 aliphatic heterocycles. The van der Waals surface area contributed by atoms with E-state index in [2.05, 4.69) is 16.7 Å². The van der Waals surface area contributed by atoms with Crippen LogP contribution in [0, 0.1) is 0 Å². The quantitative estimate of drug-likeness (QED) is 0.683. The number of nitrogens with one attached hydrogen (secondary N) is 1. The van der Waals surface area contributed by atoms with Gasteiger partial charge in [0.15, 0.2) is 0 Å². The number of nitrogens with zero attached hydrogens (tertiary/aromatic N) is 1. The molecule has 0 saturated carbocycles. The highest BCUT2D eigenvalue weighted by Crippen LogP contribution is 1.96. The van der Waals surface area contributed by atoms with Crippen LogP contribution in [0.15, 0.2) is 16.8 Å². The van der Waals surface area contributed by atoms with Crippen LogP contribution >= 0.6 is 11.8 Å². The molecule has 0 bridgehead atoms. The maximum atomic E-state index is 4.92. The van der Waals surface area contributed by atoms with Gasteiger partial charge in [-0.15, -0.1) is 0 Å². The first-order valence-corrected chi connectivity index (χ1v) is 5.42. The van der Waals surface area contributed by atoms with Crippen molar-refractivity contribution in [2.45, 2.75) is 13.0 Å². The Morgan fingerprint density at radius 2 is 2.58 bits per heavy atom. The van der Waals surface area contributed by atoms with Crippen molar-refractivity contribution >= 4 is 11.8 Å². The smallest absolute Gasteiger partial charge is 0.150 e. The summed E-state index contributed by atoms with van der Waals surface area (Å²) in [6, 6.07) is 1.88. The van der Waals surface area contributed by atoms with Gasteiger partial charge in [-0.2, -0.15) is 11.8 Å². The summed E-state index contributed by atoms with van der Waals surface area (Å²) >= 11 is 1.87. The molecule has 0 aliphatic rings. The highest BCUT2D eigenvalue weighted by Gasteiger charge is 1.94. The van der Waals surface area contributed by atoms with Crippen LogP contribution in [0.2, 0.25) is 0 Å². The van der Waals surface area contributed by atoms with E-state index in [4.69, 9.17) is 4.52 Å². The molecular weight excluding hydrogens is 172 g/mol. The Hall–Kier alpha value is -0.480. The molecule has 0 radical (unpaired) electrons. The summed E-state index contributed by atoms with van der Waals surface area (Å²) in [7, 11) is 0. The molecule has 12 heavy (non-hydrogen) atoms. The zero-order chi connectivity index (χ0) is 8.65. The van der Waals surface area contributed by atoms with Gasteiger partial charge in [-0.1, -0.05) is 5.16 Å². The minimum Gasteiger partial charge on any atom is -0.360 e. The van der Waals surface area contributed by atoms with Gasteiger partial charge >= 0.3 is 0 Å². The first kappa shape index (κ1) is 9.61. The minimum absolute atomic E-state index is 0.786. The Balaban J connectivity index is 1.96. The predicted molar refractivity (Wildman–Crippen MR) is 51.2 cm³/mol. The lowest BCUT2D eigenvalue weighted by atomic mass is 10.4. The second-order valence-electron chi connectivity index (χ2n) is 2.50. The fourth-order valence-corrected chi connectivity index (χ4v) is 1.32. The molecule has 4 heteroatoms. The second kappa shape index (κ2) is 6.08. The van der Waals surface area contributed by atoms with Crippen molar-refractivity contribution in [1.29, 1.82) is 0 Å². The number of rotatable bonds is 6. The molecule has 0 unspecified atom stereocenters. The number of aromatic nitrogens is 1. The highest BCUT2D eigenvalue weighted by atomic mass is 32.2. The molecule has 0 spiro atoms. The standard InChI is InChI=1S/C8H14N2OS/c1-12-6-2-4-9-7-8-3-5-10-11-8/h3,5,9H,2,4,6-7H2,1H3. The molecule has 0 fully saturated rings. The van der Waals surface area contributed by atoms with Gasteiger partial charge in [-0.3, -0.25) is 0 Å². The van der Waals surface area contributed by atoms with Crippen molar-refractivity contribution in [3.8, 4) is 0 Å². The van der Waals surface area contributed by atoms with Crippen LogP contribution in [-0.2, 0) is 6.54 Å². The van der Waals surface area contributed by atoms with E-state index in [1.807, 2.05) is 17.8 Å². The molecule has 0 atom stereocenters. The molecule has 1 N–H and O–H groups in total. The fraction of sp³-hybridized carbons (Fsp3) is 0.625. The molecular formula is C8H14N2OS. The van der Waals surface area contributed by atoms with Gasteiger partial charge in [0.1, 0.15) is 5.76 Å². The largest absolute Gasteiger partial charge is 0.360 e. The number of hydrogen-bond acceptors (Lipinski definition) is 4. The van der Waals surface area contributed by atoms with E-state index in [0.29, 0.717) is 0 Å². The van der Waals surface area contributed by atoms with Gasteiger partial charge in [0.05, 0.1) is 12.7 Å². The molecule has 1 aromatic heterocycles. The van der Waals surface area contributed by atoms with Crippen molar-refractivity contribution in [2.24, 2.45) is 0 Å². The summed E-state index contributed by atoms with van der Waals surface area (Å²) < 4.78 is 4.92. The lowest BCUT2D eigenvalue weighted by Gasteiger charge is -1.99. The fourth-order valence-electron chi connectivity index (χ4n) is 0.886. The topological polar surface area (TPSA) is 38.1 Å². The highest BCUT2D eigenvalue weighted by molar-refractivity contribution is 7.98. The van der Waals surface area contributed by atoms with Gasteiger partial charge in [-0.05, 0) is 25.0 Å². The van der Waals surface area contributed by atoms with Crippen LogP contribution in [0.4, 0.5) is 0 Å². The van der Waals surface area contributed by atoms with E-state index >= 15 is 0 Å². The molecule has 0 aromatic carbocycles. The number of thioether (sulfide) groups is 1. The lowest BCUT2D eigenvalue weighted by molar-refractivity contribution is 0.373. The van der Waals surface area contributed by atoms with Gasteiger partial charge in [0.2, 0.25) is 0 Å². The third-order valence-electron chi connectivity index (χ3n) is 1.49. The molecule has 0 aliphatic carbocycles. The van der Waals surface area contributed by atoms with E-state index in [-0.39, 0.29) is 0 Å². The van der Waals surface area contributed by atoms with E-state index < -0.39 is 0 Å². The zero-order valence-corrected chi connectivity index (χ0v) is 8.06. The third-order valence-corrected chi connectivity index (χ3v) is 2.19. The Labute approximate surface area is 76.9 Å². The van der Waals surface area contributed by atoms with Gasteiger partial charge < -0.3 is 9.84 Å². The second-order valence-corrected chi connectivity index (χ2v) is 3.49. The van der Waals surface area contributed by atoms with Gasteiger partial charge in [-0.25, -0.2) is 0 Å². The minimum atomic E-state index is 0.786.